The van der Waals surface area contributed by atoms with Gasteiger partial charge >= 0.3 is 0 Å². The van der Waals surface area contributed by atoms with E-state index in [1.165, 1.54) is 59.6 Å². The van der Waals surface area contributed by atoms with E-state index in [-0.39, 0.29) is 41.1 Å². The summed E-state index contributed by atoms with van der Waals surface area (Å²) in [5.74, 6) is 0. The Kier molecular flexibility index (Phi) is 4.56. The van der Waals surface area contributed by atoms with Gasteiger partial charge in [-0.15, -0.1) is 29.0 Å². The van der Waals surface area contributed by atoms with E-state index in [2.05, 4.69) is 101 Å². The maximum atomic E-state index is 3.59. The zero-order valence-electron chi connectivity index (χ0n) is 17.8. The normalized spacial score (nSPS) is 11.8. The van der Waals surface area contributed by atoms with Crippen molar-refractivity contribution in [3.8, 4) is 0 Å². The van der Waals surface area contributed by atoms with E-state index in [1.807, 2.05) is 6.07 Å². The molecule has 0 aliphatic rings. The zero-order chi connectivity index (χ0) is 20.1. The zero-order valence-corrected chi connectivity index (χ0v) is 20.6. The Morgan fingerprint density at radius 1 is 0.485 bits per heavy atom. The second-order valence-corrected chi connectivity index (χ2v) is 8.35. The Morgan fingerprint density at radius 3 is 2.00 bits per heavy atom. The van der Waals surface area contributed by atoms with Gasteiger partial charge in [0.15, 0.2) is 0 Å². The van der Waals surface area contributed by atoms with Gasteiger partial charge in [0.1, 0.15) is 0 Å². The molecule has 0 aliphatic carbocycles. The SMILES string of the molecule is [B].[Y].[c-]1cccc2c1c1[c-]ccc3c1c1c(ccc4c5ccccc5n3c41)c1ccccc21. The number of hydrogen-bond acceptors (Lipinski definition) is 0. The summed E-state index contributed by atoms with van der Waals surface area (Å²) in [5.41, 5.74) is 3.81. The fraction of sp³-hybridized carbons (Fsp3) is 0. The topological polar surface area (TPSA) is 4.41 Å². The van der Waals surface area contributed by atoms with Crippen molar-refractivity contribution in [2.75, 3.05) is 0 Å². The number of aromatic nitrogens is 1. The molecule has 8 rings (SSSR count). The molecule has 2 aromatic heterocycles. The fourth-order valence-electron chi connectivity index (χ4n) is 5.73. The average Bonchev–Trinajstić information content (AvgIpc) is 3.35. The van der Waals surface area contributed by atoms with Crippen molar-refractivity contribution in [2.45, 2.75) is 0 Å². The van der Waals surface area contributed by atoms with Crippen LogP contribution in [-0.4, -0.2) is 12.8 Å². The molecule has 8 aromatic rings. The van der Waals surface area contributed by atoms with Crippen molar-refractivity contribution in [2.24, 2.45) is 0 Å². The maximum Gasteiger partial charge on any atom is 0.0523 e. The van der Waals surface area contributed by atoms with Gasteiger partial charge < -0.3 is 4.40 Å². The van der Waals surface area contributed by atoms with Crippen molar-refractivity contribution in [3.63, 3.8) is 0 Å². The van der Waals surface area contributed by atoms with Crippen molar-refractivity contribution in [1.82, 2.24) is 4.40 Å². The van der Waals surface area contributed by atoms with E-state index in [4.69, 9.17) is 0 Å². The van der Waals surface area contributed by atoms with E-state index in [0.717, 1.165) is 10.8 Å². The summed E-state index contributed by atoms with van der Waals surface area (Å²) in [5, 5.41) is 12.5. The molecule has 0 aliphatic heterocycles. The van der Waals surface area contributed by atoms with Gasteiger partial charge in [0.05, 0.1) is 11.0 Å². The van der Waals surface area contributed by atoms with Gasteiger partial charge in [-0.3, -0.25) is 0 Å². The van der Waals surface area contributed by atoms with Crippen LogP contribution in [0.3, 0.4) is 0 Å². The van der Waals surface area contributed by atoms with Crippen LogP contribution in [0.5, 0.6) is 0 Å². The Hall–Kier alpha value is -2.93. The first-order chi connectivity index (χ1) is 15.4. The van der Waals surface area contributed by atoms with E-state index in [1.54, 1.807) is 0 Å². The Labute approximate surface area is 217 Å². The second kappa shape index (κ2) is 7.29. The Morgan fingerprint density at radius 2 is 1.15 bits per heavy atom. The van der Waals surface area contributed by atoms with Crippen LogP contribution in [0.25, 0.3) is 70.4 Å². The summed E-state index contributed by atoms with van der Waals surface area (Å²) in [6, 6.07) is 39.9. The maximum absolute atomic E-state index is 3.59. The van der Waals surface area contributed by atoms with Crippen molar-refractivity contribution >= 4 is 78.8 Å². The molecular weight excluding hydrogens is 474 g/mol. The first-order valence-corrected chi connectivity index (χ1v) is 10.6. The molecule has 0 bridgehead atoms. The van der Waals surface area contributed by atoms with E-state index < -0.39 is 0 Å². The standard InChI is InChI=1S/C30H15N.B.Y/c1-3-10-20-18(8-1)19-9-2-4-11-21(19)24-16-17-25-22-12-5-6-14-26(22)31-27-15-7-13-23(20)28(27)29(24)30(25)31;;/h1-9,11-12,14-17H;;/q-2;;. The molecule has 4 radical (unpaired) electrons. The smallest absolute Gasteiger partial charge is 0.0523 e. The van der Waals surface area contributed by atoms with Gasteiger partial charge in [-0.2, -0.15) is 24.3 Å². The minimum atomic E-state index is 0. The summed E-state index contributed by atoms with van der Waals surface area (Å²) < 4.78 is 2.45. The van der Waals surface area contributed by atoms with Crippen molar-refractivity contribution in [3.05, 3.63) is 103 Å². The molecule has 0 fully saturated rings. The summed E-state index contributed by atoms with van der Waals surface area (Å²) in [6.45, 7) is 0. The van der Waals surface area contributed by atoms with Crippen LogP contribution in [0.4, 0.5) is 0 Å². The van der Waals surface area contributed by atoms with Gasteiger partial charge in [-0.25, -0.2) is 10.8 Å². The molecule has 3 heteroatoms. The van der Waals surface area contributed by atoms with Crippen LogP contribution in [0, 0.1) is 12.1 Å². The van der Waals surface area contributed by atoms with Crippen LogP contribution in [0.1, 0.15) is 0 Å². The minimum Gasteiger partial charge on any atom is -0.327 e. The molecule has 0 spiro atoms. The Balaban J connectivity index is 0.00000103. The monoisotopic (exact) mass is 489 g/mol. The predicted molar refractivity (Wildman–Crippen MR) is 137 cm³/mol. The molecule has 148 valence electrons. The van der Waals surface area contributed by atoms with Gasteiger partial charge in [0, 0.05) is 51.9 Å². The summed E-state index contributed by atoms with van der Waals surface area (Å²) in [4.78, 5) is 0. The number of hydrogen-bond donors (Lipinski definition) is 0. The third-order valence-corrected chi connectivity index (χ3v) is 6.92. The molecular formula is C30H15BNY-2. The Bertz CT molecular complexity index is 2000. The largest absolute Gasteiger partial charge is 0.327 e. The van der Waals surface area contributed by atoms with Gasteiger partial charge in [-0.1, -0.05) is 60.0 Å². The molecule has 0 atom stereocenters. The van der Waals surface area contributed by atoms with Crippen molar-refractivity contribution < 1.29 is 32.7 Å². The molecule has 0 N–H and O–H groups in total. The van der Waals surface area contributed by atoms with Crippen LogP contribution in [-0.2, 0) is 32.7 Å². The molecule has 1 nitrogen and oxygen atoms in total. The minimum absolute atomic E-state index is 0. The molecule has 0 saturated heterocycles. The average molecular weight is 489 g/mol. The summed E-state index contributed by atoms with van der Waals surface area (Å²) in [7, 11) is 0. The molecule has 0 saturated carbocycles. The molecule has 6 aromatic carbocycles. The number of nitrogens with zero attached hydrogens (tertiary/aromatic N) is 1. The molecule has 33 heavy (non-hydrogen) atoms. The van der Waals surface area contributed by atoms with Crippen molar-refractivity contribution in [1.29, 1.82) is 0 Å². The molecule has 0 unspecified atom stereocenters. The third kappa shape index (κ3) is 2.46. The molecule has 0 amide bonds. The van der Waals surface area contributed by atoms with Gasteiger partial charge in [0.25, 0.3) is 0 Å². The van der Waals surface area contributed by atoms with E-state index >= 15 is 0 Å². The van der Waals surface area contributed by atoms with Crippen LogP contribution in [0.2, 0.25) is 0 Å². The predicted octanol–water partition coefficient (Wildman–Crippen LogP) is 7.51. The third-order valence-electron chi connectivity index (χ3n) is 6.92. The number of rotatable bonds is 0. The van der Waals surface area contributed by atoms with Crippen LogP contribution in [0.15, 0.2) is 91.0 Å². The first-order valence-electron chi connectivity index (χ1n) is 10.6. The first kappa shape index (κ1) is 20.7. The van der Waals surface area contributed by atoms with Gasteiger partial charge in [0.2, 0.25) is 0 Å². The summed E-state index contributed by atoms with van der Waals surface area (Å²) >= 11 is 0. The van der Waals surface area contributed by atoms with Gasteiger partial charge in [-0.05, 0) is 27.7 Å². The quantitative estimate of drug-likeness (QED) is 0.153. The summed E-state index contributed by atoms with van der Waals surface area (Å²) in [6.07, 6.45) is 0. The fourth-order valence-corrected chi connectivity index (χ4v) is 5.73. The number of para-hydroxylation sites is 1. The second-order valence-electron chi connectivity index (χ2n) is 8.35. The van der Waals surface area contributed by atoms with Crippen LogP contribution >= 0.6 is 0 Å². The van der Waals surface area contributed by atoms with E-state index in [0.29, 0.717) is 0 Å². The number of fused-ring (bicyclic) bond motifs is 9. The van der Waals surface area contributed by atoms with E-state index in [9.17, 15) is 0 Å². The van der Waals surface area contributed by atoms with Crippen LogP contribution < -0.4 is 0 Å². The molecule has 2 heterocycles. The number of benzene rings is 5.